The Labute approximate surface area is 248 Å². The van der Waals surface area contributed by atoms with Crippen LogP contribution in [0.1, 0.15) is 0 Å². The molecule has 0 atom stereocenters. The van der Waals surface area contributed by atoms with Gasteiger partial charge in [0.05, 0.1) is 21.2 Å². The maximum absolute atomic E-state index is 13.2. The van der Waals surface area contributed by atoms with Crippen LogP contribution in [0, 0.1) is 0 Å². The van der Waals surface area contributed by atoms with E-state index in [2.05, 4.69) is 21.3 Å². The molecule has 6 aromatic carbocycles. The van der Waals surface area contributed by atoms with Crippen LogP contribution in [0.3, 0.4) is 0 Å². The van der Waals surface area contributed by atoms with E-state index in [1.807, 2.05) is 84.9 Å². The smallest absolute Gasteiger partial charge is 0.308 e. The second kappa shape index (κ2) is 11.7. The van der Waals surface area contributed by atoms with E-state index in [9.17, 15) is 18.0 Å². The topological polar surface area (TPSA) is 116 Å². The minimum absolute atomic E-state index is 0.0712. The summed E-state index contributed by atoms with van der Waals surface area (Å²) in [6.07, 6.45) is 0. The number of anilines is 4. The number of amides is 4. The second-order valence-corrected chi connectivity index (χ2v) is 11.7. The van der Waals surface area contributed by atoms with Crippen LogP contribution in [0.2, 0.25) is 0 Å². The SMILES string of the molecule is O=C(Nc1ccc(S(=O)(=O)c2ccc(NC(=O)Nc3cccc4ccccc34)cc2)cc1)Nc1cccc2ccccc12. The predicted octanol–water partition coefficient (Wildman–Crippen LogP) is 8.11. The van der Waals surface area contributed by atoms with Crippen molar-refractivity contribution in [2.45, 2.75) is 9.79 Å². The largest absolute Gasteiger partial charge is 0.323 e. The fourth-order valence-electron chi connectivity index (χ4n) is 4.81. The van der Waals surface area contributed by atoms with E-state index in [4.69, 9.17) is 0 Å². The number of rotatable bonds is 6. The van der Waals surface area contributed by atoms with Crippen molar-refractivity contribution in [1.29, 1.82) is 0 Å². The highest BCUT2D eigenvalue weighted by molar-refractivity contribution is 7.91. The molecule has 0 aliphatic rings. The number of sulfone groups is 1. The lowest BCUT2D eigenvalue weighted by molar-refractivity contribution is 0.261. The van der Waals surface area contributed by atoms with E-state index in [-0.39, 0.29) is 9.79 Å². The van der Waals surface area contributed by atoms with Crippen LogP contribution < -0.4 is 21.3 Å². The molecule has 6 aromatic rings. The number of urea groups is 2. The van der Waals surface area contributed by atoms with Gasteiger partial charge >= 0.3 is 12.1 Å². The van der Waals surface area contributed by atoms with Crippen molar-refractivity contribution in [3.63, 3.8) is 0 Å². The first-order valence-electron chi connectivity index (χ1n) is 13.4. The lowest BCUT2D eigenvalue weighted by atomic mass is 10.1. The van der Waals surface area contributed by atoms with E-state index in [0.29, 0.717) is 22.7 Å². The number of benzene rings is 6. The van der Waals surface area contributed by atoms with Crippen molar-refractivity contribution < 1.29 is 18.0 Å². The van der Waals surface area contributed by atoms with Gasteiger partial charge in [0.15, 0.2) is 0 Å². The van der Waals surface area contributed by atoms with Gasteiger partial charge in [-0.2, -0.15) is 0 Å². The summed E-state index contributed by atoms with van der Waals surface area (Å²) in [4.78, 5) is 25.4. The highest BCUT2D eigenvalue weighted by atomic mass is 32.2. The summed E-state index contributed by atoms with van der Waals surface area (Å²) < 4.78 is 26.5. The molecule has 9 heteroatoms. The summed E-state index contributed by atoms with van der Waals surface area (Å²) in [6, 6.07) is 37.7. The molecule has 6 rings (SSSR count). The molecule has 0 saturated heterocycles. The molecule has 212 valence electrons. The normalized spacial score (nSPS) is 11.2. The summed E-state index contributed by atoms with van der Waals surface area (Å²) in [7, 11) is -3.83. The van der Waals surface area contributed by atoms with Crippen LogP contribution in [-0.2, 0) is 9.84 Å². The number of fused-ring (bicyclic) bond motifs is 2. The number of hydrogen-bond acceptors (Lipinski definition) is 4. The van der Waals surface area contributed by atoms with Crippen molar-refractivity contribution in [2.75, 3.05) is 21.3 Å². The van der Waals surface area contributed by atoms with Crippen LogP contribution in [-0.4, -0.2) is 20.5 Å². The molecule has 0 unspecified atom stereocenters. The molecule has 0 aliphatic heterocycles. The Morgan fingerprint density at radius 1 is 0.419 bits per heavy atom. The first-order chi connectivity index (χ1) is 20.9. The van der Waals surface area contributed by atoms with Gasteiger partial charge in [-0.3, -0.25) is 0 Å². The Kier molecular flexibility index (Phi) is 7.46. The molecule has 4 amide bonds. The van der Waals surface area contributed by atoms with Crippen molar-refractivity contribution >= 4 is 66.2 Å². The van der Waals surface area contributed by atoms with E-state index in [1.165, 1.54) is 48.5 Å². The first-order valence-corrected chi connectivity index (χ1v) is 14.9. The molecular weight excluding hydrogens is 560 g/mol. The van der Waals surface area contributed by atoms with Gasteiger partial charge in [0.1, 0.15) is 0 Å². The summed E-state index contributed by atoms with van der Waals surface area (Å²) in [5.41, 5.74) is 2.21. The van der Waals surface area contributed by atoms with E-state index in [1.54, 1.807) is 0 Å². The zero-order valence-electron chi connectivity index (χ0n) is 22.7. The van der Waals surface area contributed by atoms with Crippen molar-refractivity contribution in [1.82, 2.24) is 0 Å². The van der Waals surface area contributed by atoms with Gasteiger partial charge in [0.2, 0.25) is 9.84 Å². The number of carbonyl (C=O) groups excluding carboxylic acids is 2. The first kappa shape index (κ1) is 27.5. The summed E-state index contributed by atoms with van der Waals surface area (Å²) in [6.45, 7) is 0. The third-order valence-electron chi connectivity index (χ3n) is 6.92. The van der Waals surface area contributed by atoms with Crippen LogP contribution in [0.5, 0.6) is 0 Å². The Morgan fingerprint density at radius 3 is 1.21 bits per heavy atom. The van der Waals surface area contributed by atoms with Gasteiger partial charge in [-0.15, -0.1) is 0 Å². The maximum Gasteiger partial charge on any atom is 0.323 e. The maximum atomic E-state index is 13.2. The van der Waals surface area contributed by atoms with Crippen LogP contribution in [0.25, 0.3) is 21.5 Å². The summed E-state index contributed by atoms with van der Waals surface area (Å²) >= 11 is 0. The molecule has 0 radical (unpaired) electrons. The minimum Gasteiger partial charge on any atom is -0.308 e. The van der Waals surface area contributed by atoms with Crippen LogP contribution in [0.4, 0.5) is 32.3 Å². The van der Waals surface area contributed by atoms with Gasteiger partial charge in [0, 0.05) is 22.1 Å². The molecule has 0 bridgehead atoms. The second-order valence-electron chi connectivity index (χ2n) is 9.76. The predicted molar refractivity (Wildman–Crippen MR) is 172 cm³/mol. The van der Waals surface area contributed by atoms with Crippen LogP contribution in [0.15, 0.2) is 143 Å². The molecule has 0 aromatic heterocycles. The molecule has 43 heavy (non-hydrogen) atoms. The molecule has 4 N–H and O–H groups in total. The number of nitrogens with one attached hydrogen (secondary N) is 4. The molecule has 0 fully saturated rings. The van der Waals surface area contributed by atoms with E-state index in [0.717, 1.165) is 21.5 Å². The summed E-state index contributed by atoms with van der Waals surface area (Å²) in [5.74, 6) is 0. The zero-order valence-corrected chi connectivity index (χ0v) is 23.6. The molecule has 0 heterocycles. The van der Waals surface area contributed by atoms with E-state index >= 15 is 0 Å². The highest BCUT2D eigenvalue weighted by Crippen LogP contribution is 2.26. The fourth-order valence-corrected chi connectivity index (χ4v) is 6.07. The standard InChI is InChI=1S/C34H26N4O4S/c39-33(37-31-13-5-9-23-7-1-3-11-29(23)31)35-25-15-19-27(20-16-25)43(41,42)28-21-17-26(18-22-28)36-34(40)38-32-14-6-10-24-8-2-4-12-30(24)32/h1-22H,(H2,35,37,39)(H2,36,38,40). The van der Waals surface area contributed by atoms with E-state index < -0.39 is 21.9 Å². The average molecular weight is 587 g/mol. The Morgan fingerprint density at radius 2 is 0.791 bits per heavy atom. The molecule has 0 aliphatic carbocycles. The van der Waals surface area contributed by atoms with Gasteiger partial charge < -0.3 is 21.3 Å². The van der Waals surface area contributed by atoms with Gasteiger partial charge in [-0.05, 0) is 71.4 Å². The Bertz CT molecular complexity index is 1920. The summed E-state index contributed by atoms with van der Waals surface area (Å²) in [5, 5.41) is 15.0. The number of hydrogen-bond donors (Lipinski definition) is 4. The zero-order chi connectivity index (χ0) is 29.8. The minimum atomic E-state index is -3.83. The monoisotopic (exact) mass is 586 g/mol. The molecule has 0 spiro atoms. The molecular formula is C34H26N4O4S. The van der Waals surface area contributed by atoms with Crippen molar-refractivity contribution in [3.05, 3.63) is 133 Å². The van der Waals surface area contributed by atoms with Gasteiger partial charge in [-0.25, -0.2) is 18.0 Å². The Balaban J connectivity index is 1.09. The molecule has 0 saturated carbocycles. The third kappa shape index (κ3) is 6.02. The third-order valence-corrected chi connectivity index (χ3v) is 8.71. The number of carbonyl (C=O) groups is 2. The van der Waals surface area contributed by atoms with Crippen molar-refractivity contribution in [3.8, 4) is 0 Å². The highest BCUT2D eigenvalue weighted by Gasteiger charge is 2.18. The fraction of sp³-hybridized carbons (Fsp3) is 0. The van der Waals surface area contributed by atoms with Crippen molar-refractivity contribution in [2.24, 2.45) is 0 Å². The quantitative estimate of drug-likeness (QED) is 0.158. The lowest BCUT2D eigenvalue weighted by Gasteiger charge is -2.12. The average Bonchev–Trinajstić information content (AvgIpc) is 3.02. The lowest BCUT2D eigenvalue weighted by Crippen LogP contribution is -2.19. The van der Waals surface area contributed by atoms with Crippen LogP contribution >= 0.6 is 0 Å². The Hall–Kier alpha value is -5.67. The molecule has 8 nitrogen and oxygen atoms in total. The van der Waals surface area contributed by atoms with Gasteiger partial charge in [0.25, 0.3) is 0 Å². The van der Waals surface area contributed by atoms with Gasteiger partial charge in [-0.1, -0.05) is 72.8 Å².